The largest absolute Gasteiger partial charge is 0.489 e. The highest BCUT2D eigenvalue weighted by Crippen LogP contribution is 2.44. The SMILES string of the molecule is Brc1ccc(-c2ccc(OCc3ccccc3)cc2)cc1.C=CC.C=CC.C=CC.c1ccc(COc2ccc(-c3ccc(N(c4ccc(-c5ccc(N(c6ccc(-c7ccc(OCc8ccccc8)cc7)cc6)c6cccc7ccccc67)cc5)cc4)c4cccc5ccccc45)cc3)cc2)cc1.c1ccc2c(Nc3ccc(-c4ccc(Nc5cccc6ccccc56)cc4)cc3)cccc2c1. The Morgan fingerprint density at radius 2 is 0.420 bits per heavy atom. The average molecular weight is 1860 g/mol. The van der Waals surface area contributed by atoms with Crippen LogP contribution >= 0.6 is 15.9 Å². The molecule has 0 heterocycles. The van der Waals surface area contributed by atoms with Crippen molar-refractivity contribution in [2.24, 2.45) is 0 Å². The number of benzene rings is 21. The third-order valence-corrected chi connectivity index (χ3v) is 23.8. The molecule has 0 aliphatic heterocycles. The van der Waals surface area contributed by atoms with Crippen molar-refractivity contribution < 1.29 is 14.2 Å². The van der Waals surface area contributed by atoms with E-state index in [9.17, 15) is 0 Å². The van der Waals surface area contributed by atoms with Gasteiger partial charge < -0.3 is 34.6 Å². The predicted octanol–water partition coefficient (Wildman–Crippen LogP) is 37.5. The van der Waals surface area contributed by atoms with Gasteiger partial charge in [-0.2, -0.15) is 0 Å². The molecule has 0 saturated carbocycles. The number of anilines is 10. The van der Waals surface area contributed by atoms with Gasteiger partial charge in [-0.25, -0.2) is 0 Å². The molecule has 21 aromatic rings. The fourth-order valence-electron chi connectivity index (χ4n) is 16.4. The van der Waals surface area contributed by atoms with E-state index in [2.05, 4.69) is 493 Å². The van der Waals surface area contributed by atoms with Crippen LogP contribution in [0.3, 0.4) is 0 Å². The summed E-state index contributed by atoms with van der Waals surface area (Å²) in [4.78, 5) is 4.73. The van der Waals surface area contributed by atoms with Crippen molar-refractivity contribution in [3.8, 4) is 72.9 Å². The van der Waals surface area contributed by atoms with E-state index in [1.165, 1.54) is 70.9 Å². The maximum absolute atomic E-state index is 6.08. The Kier molecular flexibility index (Phi) is 32.8. The Morgan fingerprint density at radius 1 is 0.217 bits per heavy atom. The normalized spacial score (nSPS) is 10.5. The molecule has 0 aliphatic rings. The zero-order valence-electron chi connectivity index (χ0n) is 77.9. The van der Waals surface area contributed by atoms with E-state index in [0.29, 0.717) is 19.8 Å². The first kappa shape index (κ1) is 94.2. The van der Waals surface area contributed by atoms with Crippen LogP contribution in [-0.2, 0) is 19.8 Å². The lowest BCUT2D eigenvalue weighted by atomic mass is 10.0. The number of allylic oxidation sites excluding steroid dienone is 3. The number of ether oxygens (including phenoxy) is 3. The highest BCUT2D eigenvalue weighted by molar-refractivity contribution is 9.10. The molecule has 0 fully saturated rings. The summed E-state index contributed by atoms with van der Waals surface area (Å²) in [6, 6.07) is 177. The minimum Gasteiger partial charge on any atom is -0.489 e. The Morgan fingerprint density at radius 3 is 0.688 bits per heavy atom. The predicted molar refractivity (Wildman–Crippen MR) is 593 cm³/mol. The van der Waals surface area contributed by atoms with E-state index >= 15 is 0 Å². The van der Waals surface area contributed by atoms with E-state index < -0.39 is 0 Å². The molecule has 0 amide bonds. The average Bonchev–Trinajstić information content (AvgIpc) is 0.776. The Bertz CT molecular complexity index is 7040. The van der Waals surface area contributed by atoms with Gasteiger partial charge in [0.15, 0.2) is 0 Å². The highest BCUT2D eigenvalue weighted by atomic mass is 79.9. The minimum atomic E-state index is 0.540. The van der Waals surface area contributed by atoms with Gasteiger partial charge in [0.2, 0.25) is 0 Å². The summed E-state index contributed by atoms with van der Waals surface area (Å²) >= 11 is 3.45. The lowest BCUT2D eigenvalue weighted by Gasteiger charge is -2.28. The molecule has 8 heteroatoms. The summed E-state index contributed by atoms with van der Waals surface area (Å²) < 4.78 is 19.1. The van der Waals surface area contributed by atoms with Crippen LogP contribution in [0.4, 0.5) is 56.9 Å². The molecule has 138 heavy (non-hydrogen) atoms. The van der Waals surface area contributed by atoms with E-state index in [1.807, 2.05) is 87.5 Å². The van der Waals surface area contributed by atoms with Gasteiger partial charge in [0.25, 0.3) is 0 Å². The first-order valence-corrected chi connectivity index (χ1v) is 47.3. The summed E-state index contributed by atoms with van der Waals surface area (Å²) in [5, 5.41) is 16.8. The molecule has 0 atom stereocenters. The third kappa shape index (κ3) is 24.9. The first-order valence-electron chi connectivity index (χ1n) is 46.5. The Labute approximate surface area is 820 Å². The molecule has 0 saturated heterocycles. The van der Waals surface area contributed by atoms with Gasteiger partial charge in [-0.05, 0) is 260 Å². The molecule has 0 aromatic heterocycles. The number of rotatable bonds is 24. The lowest BCUT2D eigenvalue weighted by molar-refractivity contribution is 0.306. The van der Waals surface area contributed by atoms with Crippen LogP contribution in [-0.4, -0.2) is 0 Å². The molecule has 2 N–H and O–H groups in total. The molecule has 7 nitrogen and oxygen atoms in total. The van der Waals surface area contributed by atoms with Crippen molar-refractivity contribution in [3.63, 3.8) is 0 Å². The Hall–Kier alpha value is -17.0. The summed E-state index contributed by atoms with van der Waals surface area (Å²) in [5.41, 5.74) is 26.0. The van der Waals surface area contributed by atoms with Gasteiger partial charge in [0.05, 0.1) is 11.4 Å². The van der Waals surface area contributed by atoms with E-state index in [-0.39, 0.29) is 0 Å². The molecule has 0 aliphatic carbocycles. The van der Waals surface area contributed by atoms with E-state index in [0.717, 1.165) is 123 Å². The van der Waals surface area contributed by atoms with Crippen molar-refractivity contribution in [2.75, 3.05) is 20.4 Å². The topological polar surface area (TPSA) is 58.2 Å². The molecule has 0 bridgehead atoms. The van der Waals surface area contributed by atoms with Crippen LogP contribution in [0.5, 0.6) is 17.2 Å². The number of hydrogen-bond donors (Lipinski definition) is 2. The second-order valence-corrected chi connectivity index (χ2v) is 33.9. The van der Waals surface area contributed by atoms with Gasteiger partial charge in [-0.1, -0.05) is 392 Å². The third-order valence-electron chi connectivity index (χ3n) is 23.2. The van der Waals surface area contributed by atoms with Gasteiger partial charge in [0.1, 0.15) is 37.1 Å². The standard InChI is InChI=1S/C70H52N2O2.C32H24N2.C19H15BrO.3C3H6/c1-3-13-51(14-4-1)49-73-65-45-33-57(34-46-65)55-29-41-63(42-30-55)71(69-23-11-19-59-17-7-9-21-67(59)69)61-37-25-53(26-38-61)54-27-39-62(40-28-54)72(70-24-12-20-60-18-8-10-22-68(60)70)64-43-31-56(32-44-64)58-35-47-66(48-36-58)74-50-52-15-5-2-6-16-52;1-3-11-29-25(7-1)9-5-13-31(29)33-27-19-15-23(16-20-27)24-17-21-28(22-18-24)34-32-14-6-10-26-8-2-4-12-30(26)32;20-18-10-6-16(7-11-18)17-8-12-19(13-9-17)21-14-15-4-2-1-3-5-15;3*1-3-2/h1-48H,49-50H2;1-22,33-34H;1-13H,14H2;3*3H,1H2,2H3. The smallest absolute Gasteiger partial charge is 0.119 e. The fourth-order valence-corrected chi connectivity index (χ4v) is 16.7. The van der Waals surface area contributed by atoms with Gasteiger partial charge in [-0.3, -0.25) is 0 Å². The van der Waals surface area contributed by atoms with Gasteiger partial charge in [-0.15, -0.1) is 19.7 Å². The maximum Gasteiger partial charge on any atom is 0.119 e. The van der Waals surface area contributed by atoms with E-state index in [4.69, 9.17) is 14.2 Å². The summed E-state index contributed by atoms with van der Waals surface area (Å²) in [7, 11) is 0. The van der Waals surface area contributed by atoms with E-state index in [1.54, 1.807) is 18.2 Å². The molecule has 21 rings (SSSR count). The molecule has 0 unspecified atom stereocenters. The molecule has 0 radical (unpaired) electrons. The zero-order chi connectivity index (χ0) is 94.8. The maximum atomic E-state index is 6.08. The van der Waals surface area contributed by atoms with Crippen LogP contribution in [0.1, 0.15) is 37.5 Å². The Balaban J connectivity index is 0.000000175. The zero-order valence-corrected chi connectivity index (χ0v) is 79.5. The number of nitrogens with zero attached hydrogens (tertiary/aromatic N) is 2. The second-order valence-electron chi connectivity index (χ2n) is 32.9. The van der Waals surface area contributed by atoms with Gasteiger partial charge in [0, 0.05) is 71.5 Å². The van der Waals surface area contributed by atoms with Gasteiger partial charge >= 0.3 is 0 Å². The molecular formula is C130H109BrN4O3. The number of halogens is 1. The lowest BCUT2D eigenvalue weighted by Crippen LogP contribution is -2.10. The molecular weight excluding hydrogens is 1750 g/mol. The first-order chi connectivity index (χ1) is 68.0. The summed E-state index contributed by atoms with van der Waals surface area (Å²) in [5.74, 6) is 2.59. The van der Waals surface area contributed by atoms with Crippen LogP contribution in [0.15, 0.2) is 546 Å². The van der Waals surface area contributed by atoms with Crippen molar-refractivity contribution in [1.29, 1.82) is 0 Å². The summed E-state index contributed by atoms with van der Waals surface area (Å²) in [6.45, 7) is 17.4. The summed E-state index contributed by atoms with van der Waals surface area (Å²) in [6.07, 6.45) is 5.25. The van der Waals surface area contributed by atoms with Crippen LogP contribution < -0.4 is 34.6 Å². The van der Waals surface area contributed by atoms with Crippen molar-refractivity contribution in [3.05, 3.63) is 563 Å². The number of hydrogen-bond acceptors (Lipinski definition) is 7. The number of fused-ring (bicyclic) bond motifs is 4. The van der Waals surface area contributed by atoms with Crippen molar-refractivity contribution >= 4 is 116 Å². The van der Waals surface area contributed by atoms with Crippen LogP contribution in [0.2, 0.25) is 0 Å². The fraction of sp³-hybridized carbons (Fsp3) is 0.0462. The monoisotopic (exact) mass is 1850 g/mol. The second kappa shape index (κ2) is 48.1. The number of nitrogens with one attached hydrogen (secondary N) is 2. The molecule has 0 spiro atoms. The van der Waals surface area contributed by atoms with Crippen LogP contribution in [0.25, 0.3) is 98.7 Å². The quantitative estimate of drug-likeness (QED) is 0.0585. The highest BCUT2D eigenvalue weighted by Gasteiger charge is 2.20. The van der Waals surface area contributed by atoms with Crippen molar-refractivity contribution in [1.82, 2.24) is 0 Å². The minimum absolute atomic E-state index is 0.540. The van der Waals surface area contributed by atoms with Crippen molar-refractivity contribution in [2.45, 2.75) is 40.6 Å². The molecule has 674 valence electrons. The van der Waals surface area contributed by atoms with Crippen LogP contribution in [0, 0.1) is 0 Å². The molecule has 21 aromatic carbocycles.